The van der Waals surface area contributed by atoms with Gasteiger partial charge in [0.15, 0.2) is 0 Å². The van der Waals surface area contributed by atoms with E-state index in [-0.39, 0.29) is 6.85 Å². The Morgan fingerprint density at radius 3 is 1.88 bits per heavy atom. The van der Waals surface area contributed by atoms with E-state index in [9.17, 15) is 0 Å². The van der Waals surface area contributed by atoms with E-state index in [2.05, 4.69) is 89.5 Å². The van der Waals surface area contributed by atoms with Gasteiger partial charge in [0.2, 0.25) is 0 Å². The normalized spacial score (nSPS) is 13.0. The molecule has 4 aromatic rings. The van der Waals surface area contributed by atoms with Gasteiger partial charge in [-0.15, -0.1) is 0 Å². The molecule has 0 fully saturated rings. The average Bonchev–Trinajstić information content (AvgIpc) is 2.89. The highest BCUT2D eigenvalue weighted by Gasteiger charge is 2.34. The lowest BCUT2D eigenvalue weighted by Gasteiger charge is -2.36. The van der Waals surface area contributed by atoms with Crippen molar-refractivity contribution in [1.29, 1.82) is 0 Å². The summed E-state index contributed by atoms with van der Waals surface area (Å²) in [7, 11) is 0. The molecule has 0 radical (unpaired) electrons. The van der Waals surface area contributed by atoms with Gasteiger partial charge in [0.25, 0.3) is 0 Å². The molecule has 0 aliphatic carbocycles. The summed E-state index contributed by atoms with van der Waals surface area (Å²) in [5.41, 5.74) is 6.57. The molecule has 1 aliphatic heterocycles. The smallest absolute Gasteiger partial charge is 0.336 e. The molecule has 0 unspecified atom stereocenters. The maximum atomic E-state index is 6.24. The topological polar surface area (TPSA) is 3.24 Å². The zero-order valence-electron chi connectivity index (χ0n) is 18.0. The highest BCUT2D eigenvalue weighted by molar-refractivity contribution is 6.85. The zero-order chi connectivity index (χ0) is 22.5. The van der Waals surface area contributed by atoms with Gasteiger partial charge >= 0.3 is 6.85 Å². The van der Waals surface area contributed by atoms with E-state index in [0.29, 0.717) is 0 Å². The molecule has 33 heavy (non-hydrogen) atoms. The lowest BCUT2D eigenvalue weighted by atomic mass is 9.47. The number of nitrogens with zero attached hydrogens (tertiary/aromatic N) is 1. The van der Waals surface area contributed by atoms with E-state index in [1.165, 1.54) is 5.46 Å². The maximum absolute atomic E-state index is 6.24. The van der Waals surface area contributed by atoms with Crippen molar-refractivity contribution in [2.24, 2.45) is 0 Å². The second-order valence-electron chi connectivity index (χ2n) is 7.82. The van der Waals surface area contributed by atoms with Crippen molar-refractivity contribution in [2.75, 3.05) is 4.81 Å². The number of hydrogen-bond donors (Lipinski definition) is 0. The second-order valence-corrected chi connectivity index (χ2v) is 8.25. The molecule has 3 heteroatoms. The van der Waals surface area contributed by atoms with Gasteiger partial charge in [0.1, 0.15) is 0 Å². The van der Waals surface area contributed by atoms with Gasteiger partial charge in [-0.1, -0.05) is 114 Å². The molecule has 4 aromatic carbocycles. The summed E-state index contributed by atoms with van der Waals surface area (Å²) in [4.78, 5) is 2.36. The van der Waals surface area contributed by atoms with Gasteiger partial charge < -0.3 is 4.81 Å². The van der Waals surface area contributed by atoms with Crippen LogP contribution in [0.1, 0.15) is 11.1 Å². The quantitative estimate of drug-likeness (QED) is 0.255. The molecule has 0 bridgehead atoms. The summed E-state index contributed by atoms with van der Waals surface area (Å²) in [6, 6.07) is 39.2. The molecular weight excluding hydrogens is 421 g/mol. The summed E-state index contributed by atoms with van der Waals surface area (Å²) in [5.74, 6) is 6.82. The summed E-state index contributed by atoms with van der Waals surface area (Å²) in [6.07, 6.45) is 4.32. The van der Waals surface area contributed by atoms with Crippen LogP contribution in [0.5, 0.6) is 0 Å². The van der Waals surface area contributed by atoms with Crippen LogP contribution in [-0.2, 0) is 0 Å². The monoisotopic (exact) mass is 441 g/mol. The van der Waals surface area contributed by atoms with E-state index in [0.717, 1.165) is 33.0 Å². The Bertz CT molecular complexity index is 1350. The fourth-order valence-corrected chi connectivity index (χ4v) is 4.22. The third-order valence-electron chi connectivity index (χ3n) is 5.65. The Hall–Kier alpha value is -3.93. The maximum Gasteiger partial charge on any atom is 0.336 e. The van der Waals surface area contributed by atoms with Gasteiger partial charge in [-0.25, -0.2) is 0 Å². The molecule has 0 saturated carbocycles. The lowest BCUT2D eigenvalue weighted by molar-refractivity contribution is 1.36. The molecule has 0 saturated heterocycles. The van der Waals surface area contributed by atoms with Crippen molar-refractivity contribution >= 4 is 35.3 Å². The number of benzene rings is 4. The van der Waals surface area contributed by atoms with Crippen molar-refractivity contribution in [3.05, 3.63) is 149 Å². The van der Waals surface area contributed by atoms with Crippen molar-refractivity contribution in [1.82, 2.24) is 0 Å². The third-order valence-corrected chi connectivity index (χ3v) is 5.90. The first kappa shape index (κ1) is 20.9. The first-order chi connectivity index (χ1) is 16.3. The van der Waals surface area contributed by atoms with Crippen molar-refractivity contribution in [2.45, 2.75) is 0 Å². The molecule has 0 spiro atoms. The minimum absolute atomic E-state index is 0.0659. The molecule has 1 nitrogen and oxygen atoms in total. The molecule has 1 heterocycles. The minimum atomic E-state index is -0.0659. The van der Waals surface area contributed by atoms with E-state index in [1.54, 1.807) is 0 Å². The van der Waals surface area contributed by atoms with Crippen LogP contribution in [0.3, 0.4) is 0 Å². The van der Waals surface area contributed by atoms with E-state index >= 15 is 0 Å². The third kappa shape index (κ3) is 4.65. The largest absolute Gasteiger partial charge is 0.376 e. The Balaban J connectivity index is 1.70. The van der Waals surface area contributed by atoms with E-state index < -0.39 is 0 Å². The minimum Gasteiger partial charge on any atom is -0.376 e. The predicted octanol–water partition coefficient (Wildman–Crippen LogP) is 6.62. The SMILES string of the molecule is Clc1ccc(N2B(c3ccccc3)C(C#Cc3ccccc3)=CC=C2c2ccccc2)cc1. The Morgan fingerprint density at radius 2 is 1.21 bits per heavy atom. The Kier molecular flexibility index (Phi) is 6.15. The molecule has 0 N–H and O–H groups in total. The van der Waals surface area contributed by atoms with Gasteiger partial charge in [-0.3, -0.25) is 0 Å². The van der Waals surface area contributed by atoms with Crippen molar-refractivity contribution in [3.8, 4) is 11.8 Å². The second kappa shape index (κ2) is 9.69. The van der Waals surface area contributed by atoms with Gasteiger partial charge in [-0.2, -0.15) is 0 Å². The number of rotatable bonds is 3. The van der Waals surface area contributed by atoms with Crippen LogP contribution in [0.4, 0.5) is 5.69 Å². The van der Waals surface area contributed by atoms with E-state index in [1.807, 2.05) is 54.6 Å². The Morgan fingerprint density at radius 1 is 0.606 bits per heavy atom. The fourth-order valence-electron chi connectivity index (χ4n) is 4.09. The molecule has 0 amide bonds. The fraction of sp³-hybridized carbons (Fsp3) is 0. The lowest BCUT2D eigenvalue weighted by Crippen LogP contribution is -2.50. The van der Waals surface area contributed by atoms with Gasteiger partial charge in [-0.05, 0) is 48.0 Å². The van der Waals surface area contributed by atoms with Gasteiger partial charge in [0, 0.05) is 27.4 Å². The van der Waals surface area contributed by atoms with Gasteiger partial charge in [0.05, 0.1) is 0 Å². The number of allylic oxidation sites excluding steroid dienone is 3. The molecule has 5 rings (SSSR count). The number of hydrogen-bond acceptors (Lipinski definition) is 1. The van der Waals surface area contributed by atoms with Crippen LogP contribution in [0, 0.1) is 11.8 Å². The predicted molar refractivity (Wildman–Crippen MR) is 142 cm³/mol. The molecular formula is C30H21BClN. The Labute approximate surface area is 200 Å². The highest BCUT2D eigenvalue weighted by Crippen LogP contribution is 2.33. The molecule has 0 atom stereocenters. The first-order valence-corrected chi connectivity index (χ1v) is 11.3. The summed E-state index contributed by atoms with van der Waals surface area (Å²) in [6.45, 7) is -0.0659. The standard InChI is InChI=1S/C30H21BClN/c32-28-19-21-29(22-20-28)33-30(25-12-6-2-7-13-25)23-18-27(17-16-24-10-4-1-5-11-24)31(33)26-14-8-3-9-15-26/h1-15,18-23H. The average molecular weight is 442 g/mol. The summed E-state index contributed by atoms with van der Waals surface area (Å²) < 4.78 is 0. The summed E-state index contributed by atoms with van der Waals surface area (Å²) in [5, 5.41) is 0.719. The van der Waals surface area contributed by atoms with Crippen LogP contribution in [-0.4, -0.2) is 6.85 Å². The van der Waals surface area contributed by atoms with Crippen LogP contribution in [0.25, 0.3) is 5.70 Å². The number of anilines is 1. The van der Waals surface area contributed by atoms with Crippen LogP contribution < -0.4 is 10.3 Å². The molecule has 156 valence electrons. The molecule has 1 aliphatic rings. The highest BCUT2D eigenvalue weighted by atomic mass is 35.5. The van der Waals surface area contributed by atoms with Crippen molar-refractivity contribution in [3.63, 3.8) is 0 Å². The van der Waals surface area contributed by atoms with Crippen molar-refractivity contribution < 1.29 is 0 Å². The van der Waals surface area contributed by atoms with Crippen LogP contribution >= 0.6 is 11.6 Å². The zero-order valence-corrected chi connectivity index (χ0v) is 18.8. The summed E-state index contributed by atoms with van der Waals surface area (Å²) >= 11 is 6.24. The van der Waals surface area contributed by atoms with E-state index in [4.69, 9.17) is 11.6 Å². The molecule has 0 aromatic heterocycles. The first-order valence-electron chi connectivity index (χ1n) is 10.9. The van der Waals surface area contributed by atoms with Crippen LogP contribution in [0.2, 0.25) is 5.02 Å². The van der Waals surface area contributed by atoms with Crippen LogP contribution in [0.15, 0.2) is 133 Å². The number of halogens is 1.